The molecule has 2 rings (SSSR count). The number of rotatable bonds is 7. The van der Waals surface area contributed by atoms with Crippen LogP contribution in [0.4, 0.5) is 5.69 Å². The smallest absolute Gasteiger partial charge is 0.337 e. The molecule has 1 amide bonds. The van der Waals surface area contributed by atoms with Crippen molar-refractivity contribution in [3.05, 3.63) is 47.5 Å². The fraction of sp³-hybridized carbons (Fsp3) is 0.222. The van der Waals surface area contributed by atoms with E-state index in [0.29, 0.717) is 17.1 Å². The molecule has 25 heavy (non-hydrogen) atoms. The second-order valence-electron chi connectivity index (χ2n) is 5.09. The molecule has 0 radical (unpaired) electrons. The summed E-state index contributed by atoms with van der Waals surface area (Å²) in [5, 5.41) is 12.0. The number of benzene rings is 2. The Morgan fingerprint density at radius 1 is 0.960 bits per heavy atom. The van der Waals surface area contributed by atoms with Crippen molar-refractivity contribution >= 4 is 17.6 Å². The van der Waals surface area contributed by atoms with E-state index < -0.39 is 5.97 Å². The fourth-order valence-corrected chi connectivity index (χ4v) is 2.38. The molecule has 2 aromatic rings. The topological polar surface area (TPSA) is 94.1 Å². The first kappa shape index (κ1) is 18.1. The summed E-state index contributed by atoms with van der Waals surface area (Å²) in [6.45, 7) is 0. The van der Waals surface area contributed by atoms with Crippen molar-refractivity contribution in [1.82, 2.24) is 0 Å². The summed E-state index contributed by atoms with van der Waals surface area (Å²) in [6, 6.07) is 9.84. The minimum absolute atomic E-state index is 0.0391. The molecule has 0 atom stereocenters. The molecule has 2 N–H and O–H groups in total. The molecular formula is C18H19NO6. The van der Waals surface area contributed by atoms with Gasteiger partial charge in [0.15, 0.2) is 11.5 Å². The number of methoxy groups -OCH3 is 3. The lowest BCUT2D eigenvalue weighted by atomic mass is 10.1. The van der Waals surface area contributed by atoms with Crippen molar-refractivity contribution < 1.29 is 28.9 Å². The third kappa shape index (κ3) is 4.20. The van der Waals surface area contributed by atoms with Gasteiger partial charge in [-0.3, -0.25) is 4.79 Å². The Morgan fingerprint density at radius 3 is 2.16 bits per heavy atom. The number of carboxylic acid groups (broad SMARTS) is 1. The Hall–Kier alpha value is -3.22. The molecule has 0 fully saturated rings. The van der Waals surface area contributed by atoms with Crippen molar-refractivity contribution in [2.24, 2.45) is 0 Å². The van der Waals surface area contributed by atoms with Crippen LogP contribution in [0.15, 0.2) is 36.4 Å². The highest BCUT2D eigenvalue weighted by atomic mass is 16.5. The number of ether oxygens (including phenoxy) is 3. The first-order valence-electron chi connectivity index (χ1n) is 7.41. The van der Waals surface area contributed by atoms with Crippen LogP contribution in [-0.4, -0.2) is 38.3 Å². The number of nitrogens with one attached hydrogen (secondary N) is 1. The number of hydrogen-bond acceptors (Lipinski definition) is 5. The highest BCUT2D eigenvalue weighted by Gasteiger charge is 2.18. The number of para-hydroxylation sites is 1. The summed E-state index contributed by atoms with van der Waals surface area (Å²) in [4.78, 5) is 23.8. The number of carboxylic acids is 1. The summed E-state index contributed by atoms with van der Waals surface area (Å²) in [5.41, 5.74) is 0.732. The van der Waals surface area contributed by atoms with E-state index in [9.17, 15) is 14.7 Å². The molecule has 0 aliphatic rings. The van der Waals surface area contributed by atoms with Crippen molar-refractivity contribution in [3.8, 4) is 17.2 Å². The average Bonchev–Trinajstić information content (AvgIpc) is 2.61. The zero-order valence-electron chi connectivity index (χ0n) is 14.2. The lowest BCUT2D eigenvalue weighted by Gasteiger charge is -2.14. The maximum Gasteiger partial charge on any atom is 0.337 e. The molecule has 2 aromatic carbocycles. The highest BCUT2D eigenvalue weighted by Crippen LogP contribution is 2.33. The average molecular weight is 345 g/mol. The standard InChI is InChI=1S/C18H19NO6/c1-23-14-7-5-4-6-11(14)8-17(20)19-13-10-16(25-3)15(24-2)9-12(13)18(21)22/h4-7,9-10H,8H2,1-3H3,(H,19,20)(H,21,22). The number of carbonyl (C=O) groups excluding carboxylic acids is 1. The Bertz CT molecular complexity index is 787. The molecule has 7 nitrogen and oxygen atoms in total. The van der Waals surface area contributed by atoms with Gasteiger partial charge in [-0.25, -0.2) is 4.79 Å². The summed E-state index contributed by atoms with van der Waals surface area (Å²) in [5.74, 6) is -0.390. The van der Waals surface area contributed by atoms with Gasteiger partial charge in [-0.2, -0.15) is 0 Å². The Morgan fingerprint density at radius 2 is 1.56 bits per heavy atom. The van der Waals surface area contributed by atoms with E-state index in [4.69, 9.17) is 14.2 Å². The Kier molecular flexibility index (Phi) is 5.84. The Balaban J connectivity index is 2.29. The van der Waals surface area contributed by atoms with E-state index in [-0.39, 0.29) is 29.3 Å². The molecule has 0 unspecified atom stereocenters. The molecular weight excluding hydrogens is 326 g/mol. The quantitative estimate of drug-likeness (QED) is 0.801. The van der Waals surface area contributed by atoms with Crippen molar-refractivity contribution in [1.29, 1.82) is 0 Å². The summed E-state index contributed by atoms with van der Waals surface area (Å²) < 4.78 is 15.5. The molecule has 0 saturated heterocycles. The van der Waals surface area contributed by atoms with E-state index in [1.165, 1.54) is 33.5 Å². The second kappa shape index (κ2) is 8.05. The second-order valence-corrected chi connectivity index (χ2v) is 5.09. The first-order chi connectivity index (χ1) is 12.0. The normalized spacial score (nSPS) is 10.0. The minimum Gasteiger partial charge on any atom is -0.496 e. The van der Waals surface area contributed by atoms with Gasteiger partial charge in [0.05, 0.1) is 39.0 Å². The van der Waals surface area contributed by atoms with Gasteiger partial charge in [0.2, 0.25) is 5.91 Å². The van der Waals surface area contributed by atoms with Crippen LogP contribution in [0.2, 0.25) is 0 Å². The van der Waals surface area contributed by atoms with Gasteiger partial charge in [0.1, 0.15) is 5.75 Å². The lowest BCUT2D eigenvalue weighted by molar-refractivity contribution is -0.115. The van der Waals surface area contributed by atoms with Crippen molar-refractivity contribution in [2.75, 3.05) is 26.6 Å². The number of carbonyl (C=O) groups is 2. The molecule has 0 heterocycles. The van der Waals surface area contributed by atoms with Gasteiger partial charge in [0, 0.05) is 17.7 Å². The van der Waals surface area contributed by atoms with Crippen LogP contribution in [0.5, 0.6) is 17.2 Å². The van der Waals surface area contributed by atoms with Crippen LogP contribution in [0.25, 0.3) is 0 Å². The van der Waals surface area contributed by atoms with Crippen LogP contribution in [0.3, 0.4) is 0 Å². The number of amides is 1. The Labute approximate surface area is 145 Å². The summed E-state index contributed by atoms with van der Waals surface area (Å²) in [6.07, 6.45) is 0.0391. The van der Waals surface area contributed by atoms with Crippen molar-refractivity contribution in [2.45, 2.75) is 6.42 Å². The molecule has 7 heteroatoms. The molecule has 0 aromatic heterocycles. The molecule has 132 valence electrons. The van der Waals surface area contributed by atoms with E-state index in [2.05, 4.69) is 5.32 Å². The zero-order valence-corrected chi connectivity index (χ0v) is 14.2. The maximum atomic E-state index is 12.3. The van der Waals surface area contributed by atoms with Crippen LogP contribution < -0.4 is 19.5 Å². The van der Waals surface area contributed by atoms with Gasteiger partial charge in [0.25, 0.3) is 0 Å². The van der Waals surface area contributed by atoms with E-state index in [1.54, 1.807) is 24.3 Å². The van der Waals surface area contributed by atoms with Gasteiger partial charge >= 0.3 is 5.97 Å². The monoisotopic (exact) mass is 345 g/mol. The minimum atomic E-state index is -1.19. The van der Waals surface area contributed by atoms with E-state index in [1.807, 2.05) is 0 Å². The van der Waals surface area contributed by atoms with E-state index in [0.717, 1.165) is 0 Å². The van der Waals surface area contributed by atoms with Crippen LogP contribution in [-0.2, 0) is 11.2 Å². The summed E-state index contributed by atoms with van der Waals surface area (Å²) in [7, 11) is 4.36. The molecule has 0 spiro atoms. The summed E-state index contributed by atoms with van der Waals surface area (Å²) >= 11 is 0. The molecule has 0 bridgehead atoms. The molecule has 0 aliphatic carbocycles. The predicted molar refractivity (Wildman–Crippen MR) is 91.8 cm³/mol. The highest BCUT2D eigenvalue weighted by molar-refractivity contribution is 6.02. The number of aromatic carboxylic acids is 1. The third-order valence-electron chi connectivity index (χ3n) is 3.57. The maximum absolute atomic E-state index is 12.3. The third-order valence-corrected chi connectivity index (χ3v) is 3.57. The van der Waals surface area contributed by atoms with Crippen molar-refractivity contribution in [3.63, 3.8) is 0 Å². The SMILES string of the molecule is COc1ccccc1CC(=O)Nc1cc(OC)c(OC)cc1C(=O)O. The van der Waals surface area contributed by atoms with Gasteiger partial charge in [-0.05, 0) is 6.07 Å². The number of anilines is 1. The van der Waals surface area contributed by atoms with Crippen LogP contribution in [0, 0.1) is 0 Å². The van der Waals surface area contributed by atoms with Gasteiger partial charge in [-0.15, -0.1) is 0 Å². The van der Waals surface area contributed by atoms with Crippen LogP contribution >= 0.6 is 0 Å². The molecule has 0 aliphatic heterocycles. The van der Waals surface area contributed by atoms with Gasteiger partial charge < -0.3 is 24.6 Å². The number of hydrogen-bond donors (Lipinski definition) is 2. The molecule has 0 saturated carbocycles. The fourth-order valence-electron chi connectivity index (χ4n) is 2.38. The van der Waals surface area contributed by atoms with E-state index >= 15 is 0 Å². The van der Waals surface area contributed by atoms with Crippen LogP contribution in [0.1, 0.15) is 15.9 Å². The largest absolute Gasteiger partial charge is 0.496 e. The van der Waals surface area contributed by atoms with Gasteiger partial charge in [-0.1, -0.05) is 18.2 Å². The predicted octanol–water partition coefficient (Wildman–Crippen LogP) is 2.59. The lowest BCUT2D eigenvalue weighted by Crippen LogP contribution is -2.17. The zero-order chi connectivity index (χ0) is 18.4. The first-order valence-corrected chi connectivity index (χ1v) is 7.41.